The molecular formula is C22H20FN5O3. The molecule has 4 rings (SSSR count). The summed E-state index contributed by atoms with van der Waals surface area (Å²) in [5.41, 5.74) is 1.52. The summed E-state index contributed by atoms with van der Waals surface area (Å²) in [6.45, 7) is -0.178. The highest BCUT2D eigenvalue weighted by atomic mass is 19.1. The molecular weight excluding hydrogens is 401 g/mol. The fourth-order valence-electron chi connectivity index (χ4n) is 3.38. The number of urea groups is 1. The quantitative estimate of drug-likeness (QED) is 0.802. The van der Waals surface area contributed by atoms with Crippen LogP contribution < -0.4 is 10.2 Å². The summed E-state index contributed by atoms with van der Waals surface area (Å²) < 4.78 is 13.1. The molecule has 1 saturated heterocycles. The standard InChI is InChI=1S/C22H20FN5O3/c23-16-3-7-19(8-4-16)28-14-26(12-21(28)30)20(29)13-27(18-9-10-18)22(31)25-17-5-1-15(11-24)2-6-17/h1-8,18H,9-10,12-14H2,(H,25,31). The summed E-state index contributed by atoms with van der Waals surface area (Å²) in [4.78, 5) is 42.2. The summed E-state index contributed by atoms with van der Waals surface area (Å²) in [5, 5.41) is 11.6. The lowest BCUT2D eigenvalue weighted by molar-refractivity contribution is -0.132. The van der Waals surface area contributed by atoms with Crippen LogP contribution >= 0.6 is 0 Å². The number of hydrogen-bond acceptors (Lipinski definition) is 4. The Morgan fingerprint density at radius 2 is 1.81 bits per heavy atom. The number of halogens is 1. The second-order valence-corrected chi connectivity index (χ2v) is 7.51. The summed E-state index contributed by atoms with van der Waals surface area (Å²) >= 11 is 0. The van der Waals surface area contributed by atoms with E-state index >= 15 is 0 Å². The van der Waals surface area contributed by atoms with E-state index in [-0.39, 0.29) is 37.6 Å². The van der Waals surface area contributed by atoms with E-state index in [4.69, 9.17) is 5.26 Å². The van der Waals surface area contributed by atoms with E-state index < -0.39 is 11.8 Å². The molecule has 0 spiro atoms. The highest BCUT2D eigenvalue weighted by molar-refractivity contribution is 6.01. The molecule has 4 amide bonds. The van der Waals surface area contributed by atoms with Crippen LogP contribution in [-0.2, 0) is 9.59 Å². The van der Waals surface area contributed by atoms with Crippen LogP contribution in [0.2, 0.25) is 0 Å². The first-order valence-electron chi connectivity index (χ1n) is 9.86. The van der Waals surface area contributed by atoms with Gasteiger partial charge in [-0.15, -0.1) is 0 Å². The molecule has 0 unspecified atom stereocenters. The topological polar surface area (TPSA) is 96.7 Å². The van der Waals surface area contributed by atoms with Gasteiger partial charge in [0.05, 0.1) is 11.6 Å². The Morgan fingerprint density at radius 3 is 2.42 bits per heavy atom. The van der Waals surface area contributed by atoms with Crippen LogP contribution in [0.15, 0.2) is 48.5 Å². The molecule has 1 aliphatic carbocycles. The van der Waals surface area contributed by atoms with E-state index in [9.17, 15) is 18.8 Å². The van der Waals surface area contributed by atoms with Crippen molar-refractivity contribution in [3.8, 4) is 6.07 Å². The molecule has 0 atom stereocenters. The average Bonchev–Trinajstić information content (AvgIpc) is 3.54. The minimum atomic E-state index is -0.406. The van der Waals surface area contributed by atoms with Crippen LogP contribution in [0.4, 0.5) is 20.6 Å². The average molecular weight is 421 g/mol. The fraction of sp³-hybridized carbons (Fsp3) is 0.273. The molecule has 1 aliphatic heterocycles. The number of nitriles is 1. The van der Waals surface area contributed by atoms with Gasteiger partial charge in [0.1, 0.15) is 25.6 Å². The van der Waals surface area contributed by atoms with Crippen molar-refractivity contribution in [2.24, 2.45) is 0 Å². The van der Waals surface area contributed by atoms with Crippen LogP contribution in [0.1, 0.15) is 18.4 Å². The third-order valence-corrected chi connectivity index (χ3v) is 5.25. The maximum absolute atomic E-state index is 13.1. The van der Waals surface area contributed by atoms with Gasteiger partial charge in [-0.3, -0.25) is 14.5 Å². The maximum atomic E-state index is 13.1. The molecule has 31 heavy (non-hydrogen) atoms. The van der Waals surface area contributed by atoms with Gasteiger partial charge in [0.2, 0.25) is 11.8 Å². The number of carbonyl (C=O) groups excluding carboxylic acids is 3. The minimum absolute atomic E-state index is 0.0196. The van der Waals surface area contributed by atoms with Crippen LogP contribution in [0.5, 0.6) is 0 Å². The van der Waals surface area contributed by atoms with Gasteiger partial charge in [-0.05, 0) is 61.4 Å². The van der Waals surface area contributed by atoms with Gasteiger partial charge in [0.15, 0.2) is 0 Å². The minimum Gasteiger partial charge on any atom is -0.314 e. The zero-order valence-corrected chi connectivity index (χ0v) is 16.6. The second kappa shape index (κ2) is 8.44. The Balaban J connectivity index is 1.39. The van der Waals surface area contributed by atoms with Gasteiger partial charge < -0.3 is 15.1 Å². The number of anilines is 2. The highest BCUT2D eigenvalue weighted by Crippen LogP contribution is 2.28. The first-order valence-corrected chi connectivity index (χ1v) is 9.86. The SMILES string of the molecule is N#Cc1ccc(NC(=O)N(CC(=O)N2CC(=O)N(c3ccc(F)cc3)C2)C2CC2)cc1. The Bertz CT molecular complexity index is 1040. The van der Waals surface area contributed by atoms with E-state index in [0.29, 0.717) is 16.9 Å². The number of nitrogens with one attached hydrogen (secondary N) is 1. The van der Waals surface area contributed by atoms with Gasteiger partial charge in [-0.2, -0.15) is 5.26 Å². The Morgan fingerprint density at radius 1 is 1.13 bits per heavy atom. The van der Waals surface area contributed by atoms with Crippen molar-refractivity contribution < 1.29 is 18.8 Å². The lowest BCUT2D eigenvalue weighted by Gasteiger charge is -2.25. The van der Waals surface area contributed by atoms with E-state index in [1.807, 2.05) is 6.07 Å². The molecule has 1 heterocycles. The molecule has 158 valence electrons. The molecule has 9 heteroatoms. The predicted molar refractivity (Wildman–Crippen MR) is 110 cm³/mol. The van der Waals surface area contributed by atoms with Gasteiger partial charge in [0.25, 0.3) is 0 Å². The molecule has 0 aromatic heterocycles. The molecule has 2 aromatic carbocycles. The Hall–Kier alpha value is -3.93. The van der Waals surface area contributed by atoms with Crippen molar-refractivity contribution in [1.82, 2.24) is 9.80 Å². The first kappa shape index (κ1) is 20.3. The predicted octanol–water partition coefficient (Wildman–Crippen LogP) is 2.53. The van der Waals surface area contributed by atoms with Gasteiger partial charge in [0, 0.05) is 17.4 Å². The number of benzene rings is 2. The fourth-order valence-corrected chi connectivity index (χ4v) is 3.38. The zero-order chi connectivity index (χ0) is 22.0. The number of amides is 4. The maximum Gasteiger partial charge on any atom is 0.322 e. The second-order valence-electron chi connectivity index (χ2n) is 7.51. The van der Waals surface area contributed by atoms with E-state index in [0.717, 1.165) is 12.8 Å². The Kier molecular flexibility index (Phi) is 5.54. The summed E-state index contributed by atoms with van der Waals surface area (Å²) in [6, 6.07) is 13.5. The van der Waals surface area contributed by atoms with E-state index in [1.165, 1.54) is 39.0 Å². The van der Waals surface area contributed by atoms with Gasteiger partial charge in [-0.25, -0.2) is 9.18 Å². The molecule has 2 aliphatic rings. The van der Waals surface area contributed by atoms with Crippen LogP contribution in [0.3, 0.4) is 0 Å². The van der Waals surface area contributed by atoms with E-state index in [2.05, 4.69) is 5.32 Å². The highest BCUT2D eigenvalue weighted by Gasteiger charge is 2.37. The Labute approximate surface area is 178 Å². The summed E-state index contributed by atoms with van der Waals surface area (Å²) in [5.74, 6) is -1.00. The zero-order valence-electron chi connectivity index (χ0n) is 16.6. The van der Waals surface area contributed by atoms with Gasteiger partial charge in [-0.1, -0.05) is 0 Å². The van der Waals surface area contributed by atoms with Crippen molar-refractivity contribution >= 4 is 29.2 Å². The molecule has 2 fully saturated rings. The van der Waals surface area contributed by atoms with Crippen molar-refractivity contribution in [3.63, 3.8) is 0 Å². The summed E-state index contributed by atoms with van der Waals surface area (Å²) in [7, 11) is 0. The van der Waals surface area contributed by atoms with Crippen molar-refractivity contribution in [3.05, 3.63) is 59.9 Å². The molecule has 1 saturated carbocycles. The van der Waals surface area contributed by atoms with Crippen LogP contribution in [-0.4, -0.2) is 53.4 Å². The van der Waals surface area contributed by atoms with Gasteiger partial charge >= 0.3 is 6.03 Å². The first-order chi connectivity index (χ1) is 14.9. The largest absolute Gasteiger partial charge is 0.322 e. The van der Waals surface area contributed by atoms with Crippen molar-refractivity contribution in [1.29, 1.82) is 5.26 Å². The van der Waals surface area contributed by atoms with Crippen molar-refractivity contribution in [2.45, 2.75) is 18.9 Å². The van der Waals surface area contributed by atoms with E-state index in [1.54, 1.807) is 24.3 Å². The lowest BCUT2D eigenvalue weighted by Crippen LogP contribution is -2.45. The molecule has 0 radical (unpaired) electrons. The lowest BCUT2D eigenvalue weighted by atomic mass is 10.2. The van der Waals surface area contributed by atoms with Crippen LogP contribution in [0, 0.1) is 17.1 Å². The molecule has 2 aromatic rings. The molecule has 0 bridgehead atoms. The monoisotopic (exact) mass is 421 g/mol. The number of carbonyl (C=O) groups is 3. The number of rotatable bonds is 5. The molecule has 1 N–H and O–H groups in total. The molecule has 8 nitrogen and oxygen atoms in total. The third kappa shape index (κ3) is 4.64. The smallest absolute Gasteiger partial charge is 0.314 e. The van der Waals surface area contributed by atoms with Crippen molar-refractivity contribution in [2.75, 3.05) is 30.0 Å². The number of nitrogens with zero attached hydrogens (tertiary/aromatic N) is 4. The van der Waals surface area contributed by atoms with Crippen LogP contribution in [0.25, 0.3) is 0 Å². The third-order valence-electron chi connectivity index (χ3n) is 5.25. The summed E-state index contributed by atoms with van der Waals surface area (Å²) in [6.07, 6.45) is 1.63. The number of hydrogen-bond donors (Lipinski definition) is 1. The normalized spacial score (nSPS) is 15.5.